The summed E-state index contributed by atoms with van der Waals surface area (Å²) in [5, 5.41) is 25.9. The molecule has 0 heterocycles. The Kier molecular flexibility index (Phi) is 13.2. The summed E-state index contributed by atoms with van der Waals surface area (Å²) in [4.78, 5) is 4.29. The van der Waals surface area contributed by atoms with Gasteiger partial charge in [0.1, 0.15) is 0 Å². The van der Waals surface area contributed by atoms with Crippen LogP contribution in [0.5, 0.6) is 0 Å². The van der Waals surface area contributed by atoms with Crippen molar-refractivity contribution in [2.24, 2.45) is 0 Å². The first-order chi connectivity index (χ1) is 18.9. The second-order valence-corrected chi connectivity index (χ2v) is 11.7. The maximum absolute atomic E-state index is 13.0. The van der Waals surface area contributed by atoms with Crippen molar-refractivity contribution in [1.29, 1.82) is 0 Å². The lowest BCUT2D eigenvalue weighted by atomic mass is 9.73. The SMILES string of the molecule is CCCCCCCCCCCCCCCCN(C)c1ccc(C2C([O-])=C(c3ccc(N(C)C)cc3)C2[O-])cc1. The molecular formula is C35H52N2O2-2. The number of unbranched alkanes of at least 4 members (excludes halogenated alkanes) is 13. The van der Waals surface area contributed by atoms with Crippen LogP contribution in [0.3, 0.4) is 0 Å². The molecule has 2 atom stereocenters. The topological polar surface area (TPSA) is 52.6 Å². The zero-order valence-electron chi connectivity index (χ0n) is 25.1. The molecule has 39 heavy (non-hydrogen) atoms. The lowest BCUT2D eigenvalue weighted by Crippen LogP contribution is -2.47. The zero-order valence-corrected chi connectivity index (χ0v) is 25.1. The number of anilines is 2. The molecule has 2 aromatic carbocycles. The molecule has 2 aromatic rings. The van der Waals surface area contributed by atoms with Crippen molar-refractivity contribution in [2.75, 3.05) is 37.5 Å². The Balaban J connectivity index is 1.31. The maximum Gasteiger partial charge on any atom is 0.0363 e. The first-order valence-electron chi connectivity index (χ1n) is 15.6. The molecule has 0 saturated carbocycles. The fourth-order valence-corrected chi connectivity index (χ4v) is 5.70. The van der Waals surface area contributed by atoms with Gasteiger partial charge in [0, 0.05) is 39.1 Å². The molecule has 0 radical (unpaired) electrons. The van der Waals surface area contributed by atoms with Gasteiger partial charge in [-0.25, -0.2) is 0 Å². The van der Waals surface area contributed by atoms with Crippen LogP contribution in [0, 0.1) is 0 Å². The maximum atomic E-state index is 13.0. The lowest BCUT2D eigenvalue weighted by molar-refractivity contribution is -0.429. The van der Waals surface area contributed by atoms with Gasteiger partial charge in [0.2, 0.25) is 0 Å². The van der Waals surface area contributed by atoms with E-state index in [2.05, 4.69) is 31.0 Å². The van der Waals surface area contributed by atoms with Crippen LogP contribution >= 0.6 is 0 Å². The predicted molar refractivity (Wildman–Crippen MR) is 164 cm³/mol. The van der Waals surface area contributed by atoms with Gasteiger partial charge in [-0.15, -0.1) is 5.76 Å². The minimum atomic E-state index is -0.998. The molecule has 0 saturated heterocycles. The smallest absolute Gasteiger partial charge is 0.0363 e. The first-order valence-corrected chi connectivity index (χ1v) is 15.6. The Morgan fingerprint density at radius 2 is 1.08 bits per heavy atom. The summed E-state index contributed by atoms with van der Waals surface area (Å²) in [6.45, 7) is 3.31. The molecule has 1 aliphatic rings. The van der Waals surface area contributed by atoms with Crippen LogP contribution in [-0.2, 0) is 0 Å². The Morgan fingerprint density at radius 3 is 1.54 bits per heavy atom. The van der Waals surface area contributed by atoms with Crippen LogP contribution in [0.15, 0.2) is 54.3 Å². The van der Waals surface area contributed by atoms with Crippen molar-refractivity contribution in [1.82, 2.24) is 0 Å². The summed E-state index contributed by atoms with van der Waals surface area (Å²) in [5.41, 5.74) is 4.21. The highest BCUT2D eigenvalue weighted by atomic mass is 16.3. The summed E-state index contributed by atoms with van der Waals surface area (Å²) in [6.07, 6.45) is 18.2. The summed E-state index contributed by atoms with van der Waals surface area (Å²) >= 11 is 0. The number of hydrogen-bond acceptors (Lipinski definition) is 4. The highest BCUT2D eigenvalue weighted by molar-refractivity contribution is 5.79. The third kappa shape index (κ3) is 9.31. The van der Waals surface area contributed by atoms with E-state index in [4.69, 9.17) is 0 Å². The van der Waals surface area contributed by atoms with E-state index in [1.165, 1.54) is 89.9 Å². The van der Waals surface area contributed by atoms with Crippen LogP contribution in [0.4, 0.5) is 11.4 Å². The van der Waals surface area contributed by atoms with E-state index >= 15 is 0 Å². The van der Waals surface area contributed by atoms with E-state index in [9.17, 15) is 10.2 Å². The van der Waals surface area contributed by atoms with E-state index < -0.39 is 12.0 Å². The van der Waals surface area contributed by atoms with Gasteiger partial charge in [-0.1, -0.05) is 126 Å². The summed E-state index contributed by atoms with van der Waals surface area (Å²) < 4.78 is 0. The van der Waals surface area contributed by atoms with E-state index in [1.807, 2.05) is 55.4 Å². The number of rotatable bonds is 19. The summed E-state index contributed by atoms with van der Waals surface area (Å²) in [5.74, 6) is -0.602. The Labute approximate surface area is 238 Å². The molecule has 3 rings (SSSR count). The van der Waals surface area contributed by atoms with Gasteiger partial charge in [0.05, 0.1) is 0 Å². The van der Waals surface area contributed by atoms with Gasteiger partial charge in [0.15, 0.2) is 0 Å². The van der Waals surface area contributed by atoms with Gasteiger partial charge in [0.25, 0.3) is 0 Å². The summed E-state index contributed by atoms with van der Waals surface area (Å²) in [7, 11) is 6.08. The van der Waals surface area contributed by atoms with E-state index in [0.717, 1.165) is 29.0 Å². The normalized spacial score (nSPS) is 16.8. The minimum Gasteiger partial charge on any atom is -0.875 e. The van der Waals surface area contributed by atoms with Crippen molar-refractivity contribution < 1.29 is 10.2 Å². The van der Waals surface area contributed by atoms with Crippen LogP contribution in [0.2, 0.25) is 0 Å². The van der Waals surface area contributed by atoms with Crippen molar-refractivity contribution in [3.8, 4) is 0 Å². The van der Waals surface area contributed by atoms with Crippen LogP contribution in [-0.4, -0.2) is 33.8 Å². The molecule has 2 unspecified atom stereocenters. The van der Waals surface area contributed by atoms with Gasteiger partial charge in [-0.05, 0) is 47.7 Å². The molecule has 0 fully saturated rings. The largest absolute Gasteiger partial charge is 0.875 e. The molecule has 4 nitrogen and oxygen atoms in total. The average molecular weight is 533 g/mol. The molecular weight excluding hydrogens is 480 g/mol. The summed E-state index contributed by atoms with van der Waals surface area (Å²) in [6, 6.07) is 15.7. The van der Waals surface area contributed by atoms with E-state index in [-0.39, 0.29) is 5.76 Å². The van der Waals surface area contributed by atoms with Gasteiger partial charge >= 0.3 is 0 Å². The van der Waals surface area contributed by atoms with Crippen molar-refractivity contribution in [3.05, 3.63) is 65.4 Å². The van der Waals surface area contributed by atoms with Crippen LogP contribution < -0.4 is 20.0 Å². The highest BCUT2D eigenvalue weighted by Gasteiger charge is 2.29. The van der Waals surface area contributed by atoms with Crippen molar-refractivity contribution in [3.63, 3.8) is 0 Å². The highest BCUT2D eigenvalue weighted by Crippen LogP contribution is 2.44. The van der Waals surface area contributed by atoms with Gasteiger partial charge in [-0.2, -0.15) is 0 Å². The average Bonchev–Trinajstić information content (AvgIpc) is 2.94. The molecule has 0 bridgehead atoms. The fourth-order valence-electron chi connectivity index (χ4n) is 5.70. The quantitative estimate of drug-likeness (QED) is 0.179. The third-order valence-corrected chi connectivity index (χ3v) is 8.37. The predicted octanol–water partition coefficient (Wildman–Crippen LogP) is 7.27. The molecule has 0 aliphatic heterocycles. The fraction of sp³-hybridized carbons (Fsp3) is 0.600. The molecule has 216 valence electrons. The molecule has 0 amide bonds. The number of hydrogen-bond donors (Lipinski definition) is 0. The van der Waals surface area contributed by atoms with E-state index in [0.29, 0.717) is 5.57 Å². The van der Waals surface area contributed by atoms with E-state index in [1.54, 1.807) is 0 Å². The second-order valence-electron chi connectivity index (χ2n) is 11.7. The molecule has 0 aromatic heterocycles. The number of nitrogens with zero attached hydrogens (tertiary/aromatic N) is 2. The third-order valence-electron chi connectivity index (χ3n) is 8.37. The number of benzene rings is 2. The minimum absolute atomic E-state index is 0.0314. The van der Waals surface area contributed by atoms with Crippen LogP contribution in [0.25, 0.3) is 5.57 Å². The Hall–Kier alpha value is -2.46. The van der Waals surface area contributed by atoms with Gasteiger partial charge < -0.3 is 20.0 Å². The standard InChI is InChI=1S/C35H53N2O2/c1-5-6-7-8-9-10-11-12-13-14-15-16-17-18-27-37(4)31-25-21-29(22-26-31)33-34(38)32(35(33)39)28-19-23-30(24-20-28)36(2)3/h19-26,33-34,39H,5-18,27H2,1-4H3/q-1/p-1. The molecule has 4 heteroatoms. The van der Waals surface area contributed by atoms with Crippen LogP contribution in [0.1, 0.15) is 114 Å². The van der Waals surface area contributed by atoms with Crippen molar-refractivity contribution >= 4 is 16.9 Å². The molecule has 0 spiro atoms. The molecule has 1 aliphatic carbocycles. The zero-order chi connectivity index (χ0) is 28.0. The Bertz CT molecular complexity index is 981. The monoisotopic (exact) mass is 532 g/mol. The second kappa shape index (κ2) is 16.6. The van der Waals surface area contributed by atoms with Gasteiger partial charge in [-0.3, -0.25) is 0 Å². The first kappa shape index (κ1) is 31.1. The Morgan fingerprint density at radius 1 is 0.615 bits per heavy atom. The molecule has 0 N–H and O–H groups in total. The van der Waals surface area contributed by atoms with Crippen molar-refractivity contribution in [2.45, 2.75) is 109 Å². The lowest BCUT2D eigenvalue weighted by Gasteiger charge is -2.51.